The van der Waals surface area contributed by atoms with E-state index in [1.807, 2.05) is 32.0 Å². The molecule has 1 saturated carbocycles. The number of rotatable bonds is 5. The van der Waals surface area contributed by atoms with Crippen LogP contribution in [0.3, 0.4) is 0 Å². The molecule has 1 aliphatic carbocycles. The molecule has 0 radical (unpaired) electrons. The number of carbonyl (C=O) groups is 2. The second-order valence-electron chi connectivity index (χ2n) is 5.87. The van der Waals surface area contributed by atoms with Gasteiger partial charge >= 0.3 is 11.8 Å². The van der Waals surface area contributed by atoms with Crippen molar-refractivity contribution in [3.8, 4) is 0 Å². The van der Waals surface area contributed by atoms with E-state index in [1.54, 1.807) is 17.8 Å². The van der Waals surface area contributed by atoms with E-state index in [4.69, 9.17) is 0 Å². The summed E-state index contributed by atoms with van der Waals surface area (Å²) in [6, 6.07) is 7.53. The highest BCUT2D eigenvalue weighted by atomic mass is 32.2. The first kappa shape index (κ1) is 15.9. The largest absolute Gasteiger partial charge is 0.343 e. The van der Waals surface area contributed by atoms with Crippen LogP contribution < -0.4 is 10.6 Å². The van der Waals surface area contributed by atoms with Gasteiger partial charge in [0.05, 0.1) is 0 Å². The van der Waals surface area contributed by atoms with Gasteiger partial charge in [-0.25, -0.2) is 0 Å². The van der Waals surface area contributed by atoms with Crippen LogP contribution in [-0.4, -0.2) is 23.1 Å². The second kappa shape index (κ2) is 6.52. The Hall–Kier alpha value is -1.49. The molecule has 0 atom stereocenters. The molecule has 1 aromatic rings. The molecule has 0 aliphatic heterocycles. The summed E-state index contributed by atoms with van der Waals surface area (Å²) in [5, 5.41) is 5.48. The van der Waals surface area contributed by atoms with Crippen molar-refractivity contribution < 1.29 is 9.59 Å². The lowest BCUT2D eigenvalue weighted by Gasteiger charge is -2.25. The van der Waals surface area contributed by atoms with Crippen LogP contribution in [0, 0.1) is 5.92 Å². The Kier molecular flexibility index (Phi) is 4.93. The minimum atomic E-state index is -0.609. The van der Waals surface area contributed by atoms with Gasteiger partial charge in [0.15, 0.2) is 0 Å². The molecule has 0 saturated heterocycles. The first-order chi connectivity index (χ1) is 9.92. The Labute approximate surface area is 130 Å². The lowest BCUT2D eigenvalue weighted by molar-refractivity contribution is -0.137. The average molecular weight is 306 g/mol. The van der Waals surface area contributed by atoms with Crippen molar-refractivity contribution in [3.63, 3.8) is 0 Å². The lowest BCUT2D eigenvalue weighted by atomic mass is 9.99. The van der Waals surface area contributed by atoms with Gasteiger partial charge in [0.25, 0.3) is 0 Å². The molecule has 21 heavy (non-hydrogen) atoms. The van der Waals surface area contributed by atoms with Gasteiger partial charge in [0.1, 0.15) is 0 Å². The molecular weight excluding hydrogens is 284 g/mol. The van der Waals surface area contributed by atoms with Crippen LogP contribution in [0.4, 0.5) is 5.69 Å². The molecule has 2 N–H and O–H groups in total. The van der Waals surface area contributed by atoms with Crippen molar-refractivity contribution >= 4 is 29.3 Å². The summed E-state index contributed by atoms with van der Waals surface area (Å²) in [5.41, 5.74) is 0.340. The quantitative estimate of drug-likeness (QED) is 0.649. The van der Waals surface area contributed by atoms with Gasteiger partial charge in [0.2, 0.25) is 0 Å². The van der Waals surface area contributed by atoms with E-state index in [-0.39, 0.29) is 5.54 Å². The van der Waals surface area contributed by atoms with Crippen molar-refractivity contribution in [3.05, 3.63) is 24.3 Å². The third kappa shape index (κ3) is 4.49. The number of hydrogen-bond donors (Lipinski definition) is 2. The zero-order valence-electron chi connectivity index (χ0n) is 12.7. The van der Waals surface area contributed by atoms with E-state index < -0.39 is 11.8 Å². The fourth-order valence-electron chi connectivity index (χ4n) is 2.27. The van der Waals surface area contributed by atoms with Gasteiger partial charge < -0.3 is 10.6 Å². The molecule has 114 valence electrons. The van der Waals surface area contributed by atoms with Gasteiger partial charge in [-0.1, -0.05) is 13.0 Å². The van der Waals surface area contributed by atoms with Crippen LogP contribution in [0.2, 0.25) is 0 Å². The Bertz CT molecular complexity index is 539. The van der Waals surface area contributed by atoms with Crippen LogP contribution in [-0.2, 0) is 9.59 Å². The maximum Gasteiger partial charge on any atom is 0.313 e. The molecule has 2 rings (SSSR count). The Balaban J connectivity index is 1.94. The standard InChI is InChI=1S/C16H22N2O2S/c1-4-21-13-7-5-6-12(10-13)17-14(19)15(20)18-16(2,3)11-8-9-11/h5-7,10-11H,4,8-9H2,1-3H3,(H,17,19)(H,18,20). The Morgan fingerprint density at radius 2 is 2.00 bits per heavy atom. The highest BCUT2D eigenvalue weighted by Gasteiger charge is 2.39. The van der Waals surface area contributed by atoms with E-state index >= 15 is 0 Å². The van der Waals surface area contributed by atoms with Crippen molar-refractivity contribution in [1.29, 1.82) is 0 Å². The monoisotopic (exact) mass is 306 g/mol. The molecule has 1 fully saturated rings. The molecule has 0 aromatic heterocycles. The SMILES string of the molecule is CCSc1cccc(NC(=O)C(=O)NC(C)(C)C2CC2)c1. The van der Waals surface area contributed by atoms with E-state index in [0.29, 0.717) is 11.6 Å². The van der Waals surface area contributed by atoms with Crippen LogP contribution in [0.25, 0.3) is 0 Å². The molecule has 1 aromatic carbocycles. The van der Waals surface area contributed by atoms with Gasteiger partial charge in [-0.15, -0.1) is 11.8 Å². The number of nitrogens with one attached hydrogen (secondary N) is 2. The van der Waals surface area contributed by atoms with E-state index in [2.05, 4.69) is 17.6 Å². The normalized spacial score (nSPS) is 14.6. The fraction of sp³-hybridized carbons (Fsp3) is 0.500. The van der Waals surface area contributed by atoms with E-state index in [9.17, 15) is 9.59 Å². The molecular formula is C16H22N2O2S. The first-order valence-corrected chi connectivity index (χ1v) is 8.27. The third-order valence-corrected chi connectivity index (χ3v) is 4.52. The predicted octanol–water partition coefficient (Wildman–Crippen LogP) is 3.04. The number of carbonyl (C=O) groups excluding carboxylic acids is 2. The highest BCUT2D eigenvalue weighted by molar-refractivity contribution is 7.99. The van der Waals surface area contributed by atoms with Gasteiger partial charge in [0, 0.05) is 16.1 Å². The van der Waals surface area contributed by atoms with E-state index in [1.165, 1.54) is 0 Å². The van der Waals surface area contributed by atoms with Gasteiger partial charge in [-0.2, -0.15) is 0 Å². The fourth-order valence-corrected chi connectivity index (χ4v) is 2.99. The molecule has 0 spiro atoms. The highest BCUT2D eigenvalue weighted by Crippen LogP contribution is 2.39. The summed E-state index contributed by atoms with van der Waals surface area (Å²) in [4.78, 5) is 25.0. The minimum Gasteiger partial charge on any atom is -0.343 e. The van der Waals surface area contributed by atoms with E-state index in [0.717, 1.165) is 23.5 Å². The van der Waals surface area contributed by atoms with Crippen molar-refractivity contribution in [2.75, 3.05) is 11.1 Å². The number of hydrogen-bond acceptors (Lipinski definition) is 3. The first-order valence-electron chi connectivity index (χ1n) is 7.28. The maximum absolute atomic E-state index is 12.0. The number of amides is 2. The summed E-state index contributed by atoms with van der Waals surface area (Å²) in [7, 11) is 0. The number of thioether (sulfide) groups is 1. The zero-order valence-corrected chi connectivity index (χ0v) is 13.5. The smallest absolute Gasteiger partial charge is 0.313 e. The lowest BCUT2D eigenvalue weighted by Crippen LogP contribution is -2.49. The molecule has 4 nitrogen and oxygen atoms in total. The molecule has 0 unspecified atom stereocenters. The van der Waals surface area contributed by atoms with Crippen molar-refractivity contribution in [2.24, 2.45) is 5.92 Å². The summed E-state index contributed by atoms with van der Waals surface area (Å²) in [6.07, 6.45) is 2.23. The number of anilines is 1. The van der Waals surface area contributed by atoms with Gasteiger partial charge in [-0.3, -0.25) is 9.59 Å². The summed E-state index contributed by atoms with van der Waals surface area (Å²) in [5.74, 6) is 0.273. The Morgan fingerprint density at radius 1 is 1.29 bits per heavy atom. The summed E-state index contributed by atoms with van der Waals surface area (Å²) in [6.45, 7) is 6.01. The number of benzene rings is 1. The van der Waals surface area contributed by atoms with Crippen molar-refractivity contribution in [1.82, 2.24) is 5.32 Å². The topological polar surface area (TPSA) is 58.2 Å². The van der Waals surface area contributed by atoms with Gasteiger partial charge in [-0.05, 0) is 56.6 Å². The third-order valence-electron chi connectivity index (χ3n) is 3.64. The zero-order chi connectivity index (χ0) is 15.5. The molecule has 2 amide bonds. The Morgan fingerprint density at radius 3 is 2.62 bits per heavy atom. The van der Waals surface area contributed by atoms with Crippen LogP contribution in [0.1, 0.15) is 33.6 Å². The van der Waals surface area contributed by atoms with Crippen LogP contribution in [0.15, 0.2) is 29.2 Å². The van der Waals surface area contributed by atoms with Crippen molar-refractivity contribution in [2.45, 2.75) is 44.0 Å². The van der Waals surface area contributed by atoms with Crippen LogP contribution in [0.5, 0.6) is 0 Å². The molecule has 5 heteroatoms. The average Bonchev–Trinajstić information content (AvgIpc) is 3.23. The predicted molar refractivity (Wildman–Crippen MR) is 86.4 cm³/mol. The second-order valence-corrected chi connectivity index (χ2v) is 7.20. The minimum absolute atomic E-state index is 0.311. The summed E-state index contributed by atoms with van der Waals surface area (Å²) < 4.78 is 0. The maximum atomic E-state index is 12.0. The molecule has 1 aliphatic rings. The molecule has 0 heterocycles. The molecule has 0 bridgehead atoms. The van der Waals surface area contributed by atoms with Crippen LogP contribution >= 0.6 is 11.8 Å². The summed E-state index contributed by atoms with van der Waals surface area (Å²) >= 11 is 1.70.